The minimum atomic E-state index is -0.991. The Kier molecular flexibility index (Phi) is 10.0. The number of ether oxygens (including phenoxy) is 5. The molecule has 1 saturated heterocycles. The monoisotopic (exact) mass is 461 g/mol. The first-order valence-corrected chi connectivity index (χ1v) is 11.1. The molecule has 0 aliphatic carbocycles. The molecule has 31 heavy (non-hydrogen) atoms. The van der Waals surface area contributed by atoms with Gasteiger partial charge in [0.05, 0.1) is 13.2 Å². The fraction of sp³-hybridized carbons (Fsp3) is 0.789. The van der Waals surface area contributed by atoms with Crippen LogP contribution in [0.4, 0.5) is 0 Å². The van der Waals surface area contributed by atoms with Gasteiger partial charge in [-0.05, 0) is 6.42 Å². The minimum absolute atomic E-state index is 0.165. The maximum Gasteiger partial charge on any atom is 0.303 e. The number of hydrazine groups is 1. The molecule has 12 heteroatoms. The highest BCUT2D eigenvalue weighted by Gasteiger charge is 2.53. The van der Waals surface area contributed by atoms with E-state index in [-0.39, 0.29) is 6.61 Å². The largest absolute Gasteiger partial charge is 0.463 e. The fourth-order valence-electron chi connectivity index (χ4n) is 3.13. The van der Waals surface area contributed by atoms with Crippen LogP contribution in [0.15, 0.2) is 4.99 Å². The summed E-state index contributed by atoms with van der Waals surface area (Å²) in [6.45, 7) is 7.18. The van der Waals surface area contributed by atoms with Crippen LogP contribution in [0.1, 0.15) is 40.5 Å². The van der Waals surface area contributed by atoms with Crippen molar-refractivity contribution >= 4 is 34.8 Å². The molecule has 0 amide bonds. The number of hydrogen-bond donors (Lipinski definition) is 1. The maximum atomic E-state index is 11.8. The molecule has 5 atom stereocenters. The lowest BCUT2D eigenvalue weighted by Crippen LogP contribution is -2.59. The van der Waals surface area contributed by atoms with Gasteiger partial charge in [-0.2, -0.15) is 0 Å². The Morgan fingerprint density at radius 3 is 2.39 bits per heavy atom. The van der Waals surface area contributed by atoms with Gasteiger partial charge in [-0.3, -0.25) is 24.4 Å². The van der Waals surface area contributed by atoms with Crippen LogP contribution in [-0.2, 0) is 38.1 Å². The molecule has 0 bridgehead atoms. The predicted molar refractivity (Wildman–Crippen MR) is 112 cm³/mol. The number of thioether (sulfide) groups is 1. The fourth-order valence-corrected chi connectivity index (χ4v) is 4.30. The summed E-state index contributed by atoms with van der Waals surface area (Å²) in [6, 6.07) is -0.645. The van der Waals surface area contributed by atoms with Gasteiger partial charge < -0.3 is 23.7 Å². The van der Waals surface area contributed by atoms with Crippen molar-refractivity contribution in [3.8, 4) is 0 Å². The summed E-state index contributed by atoms with van der Waals surface area (Å²) < 4.78 is 27.5. The van der Waals surface area contributed by atoms with E-state index < -0.39 is 47.7 Å². The molecule has 11 nitrogen and oxygen atoms in total. The first kappa shape index (κ1) is 25.4. The molecule has 176 valence electrons. The first-order chi connectivity index (χ1) is 14.7. The Balaban J connectivity index is 2.14. The number of esters is 3. The van der Waals surface area contributed by atoms with Gasteiger partial charge in [0.25, 0.3) is 0 Å². The van der Waals surface area contributed by atoms with Crippen molar-refractivity contribution in [3.05, 3.63) is 0 Å². The van der Waals surface area contributed by atoms with Crippen molar-refractivity contribution < 1.29 is 38.1 Å². The zero-order valence-electron chi connectivity index (χ0n) is 18.3. The van der Waals surface area contributed by atoms with Gasteiger partial charge in [0.2, 0.25) is 0 Å². The molecule has 0 aromatic carbocycles. The van der Waals surface area contributed by atoms with Crippen molar-refractivity contribution in [2.45, 2.75) is 70.3 Å². The van der Waals surface area contributed by atoms with E-state index in [2.05, 4.69) is 11.9 Å². The van der Waals surface area contributed by atoms with Crippen LogP contribution in [0.25, 0.3) is 0 Å². The van der Waals surface area contributed by atoms with Crippen LogP contribution in [0.5, 0.6) is 0 Å². The second-order valence-electron chi connectivity index (χ2n) is 7.17. The molecule has 1 fully saturated rings. The van der Waals surface area contributed by atoms with Gasteiger partial charge in [0.1, 0.15) is 24.2 Å². The van der Waals surface area contributed by atoms with Crippen LogP contribution in [0.2, 0.25) is 0 Å². The van der Waals surface area contributed by atoms with Gasteiger partial charge in [0, 0.05) is 27.4 Å². The predicted octanol–water partition coefficient (Wildman–Crippen LogP) is 0.602. The number of nitrogens with two attached hydrogens (primary N) is 1. The second kappa shape index (κ2) is 12.2. The highest BCUT2D eigenvalue weighted by molar-refractivity contribution is 8.14. The van der Waals surface area contributed by atoms with Crippen LogP contribution >= 0.6 is 11.8 Å². The number of nitrogens with zero attached hydrogens (tertiary/aromatic N) is 2. The van der Waals surface area contributed by atoms with Gasteiger partial charge in [0.15, 0.2) is 17.4 Å². The van der Waals surface area contributed by atoms with Gasteiger partial charge >= 0.3 is 17.9 Å². The summed E-state index contributed by atoms with van der Waals surface area (Å²) in [5.74, 6) is 4.47. The van der Waals surface area contributed by atoms with Gasteiger partial charge in [-0.25, -0.2) is 5.84 Å². The van der Waals surface area contributed by atoms with E-state index in [4.69, 9.17) is 29.5 Å². The molecular formula is C19H31N3O8S. The van der Waals surface area contributed by atoms with E-state index in [0.717, 1.165) is 12.8 Å². The van der Waals surface area contributed by atoms with Crippen molar-refractivity contribution in [3.63, 3.8) is 0 Å². The van der Waals surface area contributed by atoms with Crippen molar-refractivity contribution in [1.82, 2.24) is 5.01 Å². The molecule has 0 spiro atoms. The number of unbranched alkanes of at least 4 members (excludes halogenated alkanes) is 1. The topological polar surface area (TPSA) is 139 Å². The Morgan fingerprint density at radius 2 is 1.77 bits per heavy atom. The van der Waals surface area contributed by atoms with Crippen molar-refractivity contribution in [2.75, 3.05) is 26.4 Å². The molecule has 0 radical (unpaired) electrons. The number of carbonyl (C=O) groups is 3. The lowest BCUT2D eigenvalue weighted by molar-refractivity contribution is -0.208. The minimum Gasteiger partial charge on any atom is -0.463 e. The van der Waals surface area contributed by atoms with Gasteiger partial charge in [-0.1, -0.05) is 25.1 Å². The molecule has 2 aliphatic rings. The number of fused-ring (bicyclic) bond motifs is 1. The first-order valence-electron chi connectivity index (χ1n) is 10.2. The Bertz CT molecular complexity index is 677. The third-order valence-electron chi connectivity index (χ3n) is 4.52. The molecule has 0 aromatic rings. The number of amidine groups is 1. The average molecular weight is 462 g/mol. The molecular weight excluding hydrogens is 430 g/mol. The summed E-state index contributed by atoms with van der Waals surface area (Å²) in [6.07, 6.45) is -0.715. The summed E-state index contributed by atoms with van der Waals surface area (Å²) in [7, 11) is 0. The third kappa shape index (κ3) is 7.63. The Labute approximate surface area is 185 Å². The maximum absolute atomic E-state index is 11.8. The zero-order chi connectivity index (χ0) is 23.0. The summed E-state index contributed by atoms with van der Waals surface area (Å²) >= 11 is 1.26. The molecule has 2 heterocycles. The number of hydrogen-bond acceptors (Lipinski definition) is 12. The highest BCUT2D eigenvalue weighted by Crippen LogP contribution is 2.39. The average Bonchev–Trinajstić information content (AvgIpc) is 3.11. The van der Waals surface area contributed by atoms with Crippen LogP contribution < -0.4 is 5.84 Å². The molecule has 2 rings (SSSR count). The summed E-state index contributed by atoms with van der Waals surface area (Å²) in [5, 5.41) is 1.94. The standard InChI is InChI=1S/C19H31N3O8S/c1-5-6-8-26-9-7-22(20)19-21-15-17(29-13(4)25)16(28-12(3)24)14(10-27-11(2)23)30-18(15)31-19/h14-18H,5-10,20H2,1-4H3/t14-,15-,16-,17-,18-/m1/s1. The molecule has 0 aromatic heterocycles. The zero-order valence-corrected chi connectivity index (χ0v) is 19.1. The van der Waals surface area contributed by atoms with Crippen molar-refractivity contribution in [2.24, 2.45) is 10.8 Å². The van der Waals surface area contributed by atoms with E-state index in [1.54, 1.807) is 0 Å². The lowest BCUT2D eigenvalue weighted by atomic mass is 9.98. The van der Waals surface area contributed by atoms with Crippen LogP contribution in [-0.4, -0.2) is 84.2 Å². The van der Waals surface area contributed by atoms with Crippen molar-refractivity contribution in [1.29, 1.82) is 0 Å². The van der Waals surface area contributed by atoms with E-state index in [1.165, 1.54) is 37.5 Å². The lowest BCUT2D eigenvalue weighted by Gasteiger charge is -2.41. The Hall–Kier alpha value is -1.89. The number of rotatable bonds is 10. The second-order valence-corrected chi connectivity index (χ2v) is 8.24. The van der Waals surface area contributed by atoms with E-state index >= 15 is 0 Å². The Morgan fingerprint density at radius 1 is 1.10 bits per heavy atom. The van der Waals surface area contributed by atoms with E-state index in [9.17, 15) is 14.4 Å². The normalized spacial score (nSPS) is 27.1. The highest BCUT2D eigenvalue weighted by atomic mass is 32.2. The molecule has 2 N–H and O–H groups in total. The number of aliphatic imine (C=N–C) groups is 1. The summed E-state index contributed by atoms with van der Waals surface area (Å²) in [5.41, 5.74) is -0.557. The number of carbonyl (C=O) groups excluding carboxylic acids is 3. The molecule has 0 unspecified atom stereocenters. The smallest absolute Gasteiger partial charge is 0.303 e. The van der Waals surface area contributed by atoms with Crippen LogP contribution in [0, 0.1) is 0 Å². The van der Waals surface area contributed by atoms with E-state index in [1.807, 2.05) is 0 Å². The molecule has 2 aliphatic heterocycles. The third-order valence-corrected chi connectivity index (χ3v) is 5.69. The molecule has 0 saturated carbocycles. The van der Waals surface area contributed by atoms with Crippen LogP contribution in [0.3, 0.4) is 0 Å². The van der Waals surface area contributed by atoms with E-state index in [0.29, 0.717) is 24.9 Å². The summed E-state index contributed by atoms with van der Waals surface area (Å²) in [4.78, 5) is 39.3. The quantitative estimate of drug-likeness (QED) is 0.161. The SMILES string of the molecule is CCCCOCCN(N)C1=N[C@@H]2[C@@H](OC(C)=O)[C@H](OC(C)=O)[C@@H](COC(C)=O)O[C@@H]2S1. The van der Waals surface area contributed by atoms with Gasteiger partial charge in [-0.15, -0.1) is 0 Å².